The highest BCUT2D eigenvalue weighted by Gasteiger charge is 2.20. The minimum atomic E-state index is -0.223. The van der Waals surface area contributed by atoms with Crippen molar-refractivity contribution in [3.05, 3.63) is 120 Å². The molecule has 0 N–H and O–H groups in total. The zero-order valence-electron chi connectivity index (χ0n) is 20.5. The van der Waals surface area contributed by atoms with Crippen LogP contribution in [0.4, 0.5) is 4.39 Å². The van der Waals surface area contributed by atoms with E-state index in [0.29, 0.717) is 0 Å². The molecule has 0 saturated heterocycles. The molecule has 37 heavy (non-hydrogen) atoms. The smallest absolute Gasteiger partial charge is 0.147 e. The van der Waals surface area contributed by atoms with Crippen LogP contribution in [0.15, 0.2) is 103 Å². The second kappa shape index (κ2) is 8.39. The van der Waals surface area contributed by atoms with Crippen LogP contribution in [0, 0.1) is 19.7 Å². The molecule has 0 saturated carbocycles. The number of benzene rings is 5. The molecule has 2 heterocycles. The largest absolute Gasteiger partial charge is 0.292 e. The Labute approximate surface area is 218 Å². The van der Waals surface area contributed by atoms with Gasteiger partial charge in [0, 0.05) is 25.7 Å². The first-order valence-electron chi connectivity index (χ1n) is 12.3. The van der Waals surface area contributed by atoms with Crippen LogP contribution in [-0.4, -0.2) is 9.55 Å². The van der Waals surface area contributed by atoms with Gasteiger partial charge in [0.15, 0.2) is 0 Å². The van der Waals surface area contributed by atoms with Gasteiger partial charge in [-0.3, -0.25) is 4.57 Å². The second-order valence-corrected chi connectivity index (χ2v) is 10.6. The van der Waals surface area contributed by atoms with Crippen molar-refractivity contribution in [1.82, 2.24) is 9.55 Å². The maximum absolute atomic E-state index is 13.5. The summed E-state index contributed by atoms with van der Waals surface area (Å²) >= 11 is 1.82. The third kappa shape index (κ3) is 3.48. The van der Waals surface area contributed by atoms with Crippen molar-refractivity contribution >= 4 is 42.5 Å². The maximum Gasteiger partial charge on any atom is 0.147 e. The van der Waals surface area contributed by atoms with Gasteiger partial charge in [-0.25, -0.2) is 9.37 Å². The lowest BCUT2D eigenvalue weighted by atomic mass is 9.98. The number of aryl methyl sites for hydroxylation is 2. The molecule has 0 spiro atoms. The van der Waals surface area contributed by atoms with Gasteiger partial charge in [0.1, 0.15) is 11.6 Å². The molecular weight excluding hydrogens is 475 g/mol. The van der Waals surface area contributed by atoms with Gasteiger partial charge in [-0.05, 0) is 84.6 Å². The van der Waals surface area contributed by atoms with Gasteiger partial charge in [0.05, 0.1) is 16.7 Å². The third-order valence-corrected chi connectivity index (χ3v) is 8.32. The highest BCUT2D eigenvalue weighted by Crippen LogP contribution is 2.42. The van der Waals surface area contributed by atoms with Crippen LogP contribution in [0.5, 0.6) is 0 Å². The minimum Gasteiger partial charge on any atom is -0.292 e. The van der Waals surface area contributed by atoms with Crippen LogP contribution < -0.4 is 0 Å². The molecule has 178 valence electrons. The normalized spacial score (nSPS) is 11.6. The fraction of sp³-hybridized carbons (Fsp3) is 0.0606. The zero-order valence-corrected chi connectivity index (χ0v) is 21.3. The van der Waals surface area contributed by atoms with Crippen molar-refractivity contribution < 1.29 is 4.39 Å². The molecule has 7 aromatic rings. The lowest BCUT2D eigenvalue weighted by Crippen LogP contribution is -2.03. The van der Waals surface area contributed by atoms with Gasteiger partial charge in [-0.1, -0.05) is 54.6 Å². The van der Waals surface area contributed by atoms with Crippen LogP contribution in [-0.2, 0) is 0 Å². The molecule has 0 atom stereocenters. The lowest BCUT2D eigenvalue weighted by molar-refractivity contribution is 0.628. The Morgan fingerprint density at radius 1 is 0.703 bits per heavy atom. The second-order valence-electron chi connectivity index (χ2n) is 9.51. The molecule has 0 aliphatic rings. The van der Waals surface area contributed by atoms with E-state index in [1.807, 2.05) is 29.5 Å². The molecule has 7 rings (SSSR count). The standard InChI is InChI=1S/C33H23FN2S/c1-20-18-23(22-14-16-24(34)17-15-22)19-21(2)31(20)36-29-12-5-4-11-28(29)35-33(36)27-10-7-9-26-25-8-3-6-13-30(25)37-32(26)27/h3-19H,1-2H3. The number of halogens is 1. The van der Waals surface area contributed by atoms with Gasteiger partial charge < -0.3 is 0 Å². The molecule has 0 aliphatic carbocycles. The fourth-order valence-electron chi connectivity index (χ4n) is 5.47. The summed E-state index contributed by atoms with van der Waals surface area (Å²) in [5.41, 5.74) is 8.69. The topological polar surface area (TPSA) is 17.8 Å². The van der Waals surface area contributed by atoms with Crippen LogP contribution in [0.2, 0.25) is 0 Å². The fourth-order valence-corrected chi connectivity index (χ4v) is 6.69. The highest BCUT2D eigenvalue weighted by molar-refractivity contribution is 7.26. The number of hydrogen-bond donors (Lipinski definition) is 0. The van der Waals surface area contributed by atoms with E-state index in [1.54, 1.807) is 0 Å². The Bertz CT molecular complexity index is 1940. The number of hydrogen-bond acceptors (Lipinski definition) is 2. The van der Waals surface area contributed by atoms with Crippen molar-refractivity contribution in [2.24, 2.45) is 0 Å². The SMILES string of the molecule is Cc1cc(-c2ccc(F)cc2)cc(C)c1-n1c(-c2cccc3c2sc2ccccc23)nc2ccccc21. The molecular formula is C33H23FN2S. The highest BCUT2D eigenvalue weighted by atomic mass is 32.1. The van der Waals surface area contributed by atoms with Gasteiger partial charge in [0.2, 0.25) is 0 Å². The zero-order chi connectivity index (χ0) is 25.1. The summed E-state index contributed by atoms with van der Waals surface area (Å²) in [6, 6.07) is 34.5. The van der Waals surface area contributed by atoms with Crippen LogP contribution >= 0.6 is 11.3 Å². The third-order valence-electron chi connectivity index (χ3n) is 7.10. The van der Waals surface area contributed by atoms with Gasteiger partial charge >= 0.3 is 0 Å². The summed E-state index contributed by atoms with van der Waals surface area (Å²) < 4.78 is 18.4. The van der Waals surface area contributed by atoms with Crippen molar-refractivity contribution in [3.63, 3.8) is 0 Å². The molecule has 0 amide bonds. The summed E-state index contributed by atoms with van der Waals surface area (Å²) in [6.45, 7) is 4.29. The summed E-state index contributed by atoms with van der Waals surface area (Å²) in [4.78, 5) is 5.18. The van der Waals surface area contributed by atoms with Crippen molar-refractivity contribution in [1.29, 1.82) is 0 Å². The van der Waals surface area contributed by atoms with Crippen LogP contribution in [0.1, 0.15) is 11.1 Å². The average molecular weight is 499 g/mol. The number of aromatic nitrogens is 2. The van der Waals surface area contributed by atoms with Crippen molar-refractivity contribution in [3.8, 4) is 28.2 Å². The van der Waals surface area contributed by atoms with Gasteiger partial charge in [0.25, 0.3) is 0 Å². The first-order chi connectivity index (χ1) is 18.1. The molecule has 5 aromatic carbocycles. The Hall–Kier alpha value is -4.28. The predicted octanol–water partition coefficient (Wildman–Crippen LogP) is 9.48. The number of imidazole rings is 1. The van der Waals surface area contributed by atoms with E-state index in [9.17, 15) is 4.39 Å². The molecule has 0 bridgehead atoms. The van der Waals surface area contributed by atoms with E-state index in [-0.39, 0.29) is 5.82 Å². The Balaban J connectivity index is 1.51. The molecule has 2 aromatic heterocycles. The van der Waals surface area contributed by atoms with Crippen molar-refractivity contribution in [2.45, 2.75) is 13.8 Å². The summed E-state index contributed by atoms with van der Waals surface area (Å²) in [5, 5.41) is 2.54. The van der Waals surface area contributed by atoms with Crippen molar-refractivity contribution in [2.75, 3.05) is 0 Å². The number of thiophene rings is 1. The predicted molar refractivity (Wildman–Crippen MR) is 154 cm³/mol. The molecule has 2 nitrogen and oxygen atoms in total. The van der Waals surface area contributed by atoms with E-state index < -0.39 is 0 Å². The van der Waals surface area contributed by atoms with E-state index >= 15 is 0 Å². The van der Waals surface area contributed by atoms with E-state index in [0.717, 1.165) is 50.4 Å². The van der Waals surface area contributed by atoms with E-state index in [1.165, 1.54) is 32.3 Å². The molecule has 0 radical (unpaired) electrons. The number of fused-ring (bicyclic) bond motifs is 4. The maximum atomic E-state index is 13.5. The van der Waals surface area contributed by atoms with Crippen LogP contribution in [0.25, 0.3) is 59.4 Å². The first kappa shape index (κ1) is 22.0. The minimum absolute atomic E-state index is 0.223. The van der Waals surface area contributed by atoms with Gasteiger partial charge in [-0.15, -0.1) is 11.3 Å². The van der Waals surface area contributed by atoms with Gasteiger partial charge in [-0.2, -0.15) is 0 Å². The average Bonchev–Trinajstić information content (AvgIpc) is 3.48. The van der Waals surface area contributed by atoms with E-state index in [2.05, 4.69) is 91.2 Å². The van der Waals surface area contributed by atoms with Crippen LogP contribution in [0.3, 0.4) is 0 Å². The lowest BCUT2D eigenvalue weighted by Gasteiger charge is -2.17. The number of nitrogens with zero attached hydrogens (tertiary/aromatic N) is 2. The quantitative estimate of drug-likeness (QED) is 0.237. The Morgan fingerprint density at radius 2 is 1.41 bits per heavy atom. The first-order valence-corrected chi connectivity index (χ1v) is 13.2. The molecule has 4 heteroatoms. The number of rotatable bonds is 3. The Morgan fingerprint density at radius 3 is 2.22 bits per heavy atom. The van der Waals surface area contributed by atoms with E-state index in [4.69, 9.17) is 4.98 Å². The summed E-state index contributed by atoms with van der Waals surface area (Å²) in [5.74, 6) is 0.720. The monoisotopic (exact) mass is 498 g/mol. The number of para-hydroxylation sites is 2. The molecule has 0 aliphatic heterocycles. The Kier molecular flexibility index (Phi) is 4.98. The summed E-state index contributed by atoms with van der Waals surface area (Å²) in [7, 11) is 0. The summed E-state index contributed by atoms with van der Waals surface area (Å²) in [6.07, 6.45) is 0. The molecule has 0 fully saturated rings. The molecule has 0 unspecified atom stereocenters.